The predicted octanol–water partition coefficient (Wildman–Crippen LogP) is 2.64. The zero-order valence-corrected chi connectivity index (χ0v) is 13.0. The van der Waals surface area contributed by atoms with Crippen molar-refractivity contribution in [2.24, 2.45) is 0 Å². The Labute approximate surface area is 122 Å². The van der Waals surface area contributed by atoms with Gasteiger partial charge in [-0.3, -0.25) is 0 Å². The summed E-state index contributed by atoms with van der Waals surface area (Å²) in [6.45, 7) is 8.50. The monoisotopic (exact) mass is 325 g/mol. The van der Waals surface area contributed by atoms with E-state index < -0.39 is 0 Å². The summed E-state index contributed by atoms with van der Waals surface area (Å²) in [6, 6.07) is 3.91. The second kappa shape index (κ2) is 6.86. The van der Waals surface area contributed by atoms with Gasteiger partial charge < -0.3 is 10.2 Å². The van der Waals surface area contributed by atoms with Gasteiger partial charge in [-0.05, 0) is 47.6 Å². The van der Waals surface area contributed by atoms with Gasteiger partial charge in [-0.2, -0.15) is 4.98 Å². The number of hydrogen-bond donors (Lipinski definition) is 1. The average molecular weight is 326 g/mol. The third kappa shape index (κ3) is 3.67. The first-order valence-electron chi connectivity index (χ1n) is 6.71. The lowest BCUT2D eigenvalue weighted by atomic mass is 10.4. The standard InChI is InChI=1S/C13H20BrN5/c1-3-8-18(4-2)10-7-15-13-16-12-11(14)6-5-9-19(12)17-13/h5-6,9H,3-4,7-8,10H2,1-2H3,(H,15,17). The maximum absolute atomic E-state index is 4.46. The highest BCUT2D eigenvalue weighted by Gasteiger charge is 2.06. The Morgan fingerprint density at radius 2 is 2.21 bits per heavy atom. The van der Waals surface area contributed by atoms with Gasteiger partial charge in [0.05, 0.1) is 4.47 Å². The van der Waals surface area contributed by atoms with Gasteiger partial charge in [0.25, 0.3) is 0 Å². The molecule has 2 aromatic heterocycles. The van der Waals surface area contributed by atoms with E-state index in [1.807, 2.05) is 18.3 Å². The Hall–Kier alpha value is -1.14. The van der Waals surface area contributed by atoms with E-state index in [1.54, 1.807) is 4.52 Å². The molecule has 0 radical (unpaired) electrons. The van der Waals surface area contributed by atoms with E-state index in [4.69, 9.17) is 0 Å². The maximum Gasteiger partial charge on any atom is 0.243 e. The minimum atomic E-state index is 0.680. The number of likely N-dealkylation sites (N-methyl/N-ethyl adjacent to an activating group) is 1. The van der Waals surface area contributed by atoms with E-state index in [-0.39, 0.29) is 0 Å². The van der Waals surface area contributed by atoms with Gasteiger partial charge in [0.15, 0.2) is 5.65 Å². The lowest BCUT2D eigenvalue weighted by molar-refractivity contribution is 0.300. The van der Waals surface area contributed by atoms with Crippen molar-refractivity contribution in [3.05, 3.63) is 22.8 Å². The Bertz CT molecular complexity index is 525. The molecule has 2 heterocycles. The quantitative estimate of drug-likeness (QED) is 0.850. The highest BCUT2D eigenvalue weighted by Crippen LogP contribution is 2.16. The molecule has 0 bridgehead atoms. The van der Waals surface area contributed by atoms with E-state index in [0.29, 0.717) is 5.95 Å². The van der Waals surface area contributed by atoms with Crippen LogP contribution in [0.25, 0.3) is 5.65 Å². The maximum atomic E-state index is 4.46. The van der Waals surface area contributed by atoms with Gasteiger partial charge in [-0.25, -0.2) is 4.52 Å². The summed E-state index contributed by atoms with van der Waals surface area (Å²) < 4.78 is 2.73. The SMILES string of the molecule is CCCN(CC)CCNc1nc2c(Br)cccn2n1. The number of rotatable bonds is 7. The van der Waals surface area contributed by atoms with E-state index in [1.165, 1.54) is 6.42 Å². The van der Waals surface area contributed by atoms with Gasteiger partial charge in [0.2, 0.25) is 5.95 Å². The first-order chi connectivity index (χ1) is 9.24. The summed E-state index contributed by atoms with van der Waals surface area (Å²) in [5.41, 5.74) is 0.839. The van der Waals surface area contributed by atoms with Crippen LogP contribution in [-0.4, -0.2) is 45.7 Å². The molecule has 1 N–H and O–H groups in total. The topological polar surface area (TPSA) is 45.5 Å². The summed E-state index contributed by atoms with van der Waals surface area (Å²) in [5.74, 6) is 0.680. The molecule has 0 aromatic carbocycles. The van der Waals surface area contributed by atoms with Crippen molar-refractivity contribution in [1.82, 2.24) is 19.5 Å². The molecule has 0 aliphatic rings. The smallest absolute Gasteiger partial charge is 0.243 e. The molecule has 0 aliphatic carbocycles. The van der Waals surface area contributed by atoms with Crippen molar-refractivity contribution < 1.29 is 0 Å². The molecule has 0 unspecified atom stereocenters. The third-order valence-electron chi connectivity index (χ3n) is 3.01. The molecule has 104 valence electrons. The summed E-state index contributed by atoms with van der Waals surface area (Å²) >= 11 is 3.47. The van der Waals surface area contributed by atoms with Crippen LogP contribution in [0, 0.1) is 0 Å². The number of hydrogen-bond acceptors (Lipinski definition) is 4. The average Bonchev–Trinajstić information content (AvgIpc) is 2.82. The van der Waals surface area contributed by atoms with Gasteiger partial charge >= 0.3 is 0 Å². The molecule has 5 nitrogen and oxygen atoms in total. The Kier molecular flexibility index (Phi) is 5.15. The van der Waals surface area contributed by atoms with Crippen molar-refractivity contribution in [3.8, 4) is 0 Å². The molecule has 0 saturated heterocycles. The molecule has 6 heteroatoms. The molecule has 2 rings (SSSR count). The number of nitrogens with one attached hydrogen (secondary N) is 1. The van der Waals surface area contributed by atoms with Crippen molar-refractivity contribution in [2.75, 3.05) is 31.5 Å². The summed E-state index contributed by atoms with van der Waals surface area (Å²) in [4.78, 5) is 6.87. The number of fused-ring (bicyclic) bond motifs is 1. The highest BCUT2D eigenvalue weighted by molar-refractivity contribution is 9.10. The largest absolute Gasteiger partial charge is 0.352 e. The fraction of sp³-hybridized carbons (Fsp3) is 0.538. The normalized spacial score (nSPS) is 11.4. The zero-order chi connectivity index (χ0) is 13.7. The highest BCUT2D eigenvalue weighted by atomic mass is 79.9. The fourth-order valence-corrected chi connectivity index (χ4v) is 2.44. The summed E-state index contributed by atoms with van der Waals surface area (Å²) in [6.07, 6.45) is 3.08. The van der Waals surface area contributed by atoms with Crippen LogP contribution < -0.4 is 5.32 Å². The molecule has 0 saturated carbocycles. The van der Waals surface area contributed by atoms with Crippen LogP contribution in [-0.2, 0) is 0 Å². The van der Waals surface area contributed by atoms with E-state index in [0.717, 1.165) is 36.3 Å². The number of nitrogens with zero attached hydrogens (tertiary/aromatic N) is 4. The molecule has 0 aliphatic heterocycles. The Morgan fingerprint density at radius 3 is 2.89 bits per heavy atom. The van der Waals surface area contributed by atoms with Crippen LogP contribution in [0.3, 0.4) is 0 Å². The predicted molar refractivity (Wildman–Crippen MR) is 81.6 cm³/mol. The molecule has 0 atom stereocenters. The Balaban J connectivity index is 1.93. The summed E-state index contributed by atoms with van der Waals surface area (Å²) in [7, 11) is 0. The molecular formula is C13H20BrN5. The minimum Gasteiger partial charge on any atom is -0.352 e. The van der Waals surface area contributed by atoms with Crippen LogP contribution in [0.4, 0.5) is 5.95 Å². The van der Waals surface area contributed by atoms with Crippen LogP contribution in [0.5, 0.6) is 0 Å². The first-order valence-corrected chi connectivity index (χ1v) is 7.51. The third-order valence-corrected chi connectivity index (χ3v) is 3.63. The van der Waals surface area contributed by atoms with Crippen LogP contribution in [0.15, 0.2) is 22.8 Å². The second-order valence-electron chi connectivity index (χ2n) is 4.42. The van der Waals surface area contributed by atoms with E-state index >= 15 is 0 Å². The molecule has 0 spiro atoms. The molecule has 2 aromatic rings. The van der Waals surface area contributed by atoms with Crippen LogP contribution >= 0.6 is 15.9 Å². The van der Waals surface area contributed by atoms with E-state index in [2.05, 4.69) is 50.1 Å². The lowest BCUT2D eigenvalue weighted by Gasteiger charge is -2.19. The number of aromatic nitrogens is 3. The minimum absolute atomic E-state index is 0.680. The lowest BCUT2D eigenvalue weighted by Crippen LogP contribution is -2.29. The van der Waals surface area contributed by atoms with E-state index in [9.17, 15) is 0 Å². The zero-order valence-electron chi connectivity index (χ0n) is 11.4. The summed E-state index contributed by atoms with van der Waals surface area (Å²) in [5, 5.41) is 7.67. The van der Waals surface area contributed by atoms with Crippen molar-refractivity contribution in [2.45, 2.75) is 20.3 Å². The molecule has 0 amide bonds. The molecule has 19 heavy (non-hydrogen) atoms. The number of halogens is 1. The Morgan fingerprint density at radius 1 is 1.37 bits per heavy atom. The van der Waals surface area contributed by atoms with Crippen LogP contribution in [0.1, 0.15) is 20.3 Å². The molecule has 0 fully saturated rings. The van der Waals surface area contributed by atoms with Crippen molar-refractivity contribution in [3.63, 3.8) is 0 Å². The fourth-order valence-electron chi connectivity index (χ4n) is 2.02. The van der Waals surface area contributed by atoms with Gasteiger partial charge in [0, 0.05) is 19.3 Å². The number of anilines is 1. The van der Waals surface area contributed by atoms with Crippen molar-refractivity contribution in [1.29, 1.82) is 0 Å². The first kappa shape index (κ1) is 14.3. The van der Waals surface area contributed by atoms with Gasteiger partial charge in [-0.1, -0.05) is 13.8 Å². The van der Waals surface area contributed by atoms with Gasteiger partial charge in [-0.15, -0.1) is 5.10 Å². The van der Waals surface area contributed by atoms with Crippen LogP contribution in [0.2, 0.25) is 0 Å². The number of pyridine rings is 1. The van der Waals surface area contributed by atoms with Gasteiger partial charge in [0.1, 0.15) is 0 Å². The molecular weight excluding hydrogens is 306 g/mol. The second-order valence-corrected chi connectivity index (χ2v) is 5.28. The van der Waals surface area contributed by atoms with Crippen molar-refractivity contribution >= 4 is 27.5 Å².